The average Bonchev–Trinajstić information content (AvgIpc) is 2.93. The van der Waals surface area contributed by atoms with Gasteiger partial charge in [0.15, 0.2) is 0 Å². The van der Waals surface area contributed by atoms with E-state index in [0.29, 0.717) is 6.42 Å². The molecule has 0 aromatic carbocycles. The largest absolute Gasteiger partial charge is 0.472 e. The monoisotopic (exact) mass is 596 g/mol. The van der Waals surface area contributed by atoms with E-state index < -0.39 is 69.7 Å². The molecule has 12 nitrogen and oxygen atoms in total. The number of ether oxygens (including phenoxy) is 1. The predicted octanol–water partition coefficient (Wildman–Crippen LogP) is 2.02. The zero-order chi connectivity index (χ0) is 30.0. The molecule has 1 fully saturated rings. The van der Waals surface area contributed by atoms with Crippen LogP contribution in [0.25, 0.3) is 0 Å². The molecule has 0 spiro atoms. The summed E-state index contributed by atoms with van der Waals surface area (Å²) in [6, 6.07) is 0. The summed E-state index contributed by atoms with van der Waals surface area (Å²) in [6.45, 7) is 0.765. The molecule has 7 N–H and O–H groups in total. The molecule has 3 unspecified atom stereocenters. The highest BCUT2D eigenvalue weighted by atomic mass is 31.2. The van der Waals surface area contributed by atoms with Crippen LogP contribution in [0.5, 0.6) is 0 Å². The first-order valence-corrected chi connectivity index (χ1v) is 15.7. The highest BCUT2D eigenvalue weighted by molar-refractivity contribution is 7.47. The Morgan fingerprint density at radius 1 is 0.800 bits per heavy atom. The number of aliphatic hydroxyl groups excluding tert-OH is 6. The number of phosphoric acid groups is 1. The fourth-order valence-corrected chi connectivity index (χ4v) is 5.11. The molecule has 1 rings (SSSR count). The first kappa shape index (κ1) is 36.8. The standard InChI is InChI=1S/C27H49O12P/c1-2-3-4-5-6-7-8-9-10-11-12-13-14-15-16-17-21(29)38-20(18-28)19-37-40(35,36)39-27-25(33)23(31)22(30)24(32)26(27)34/h6-7,9-10,20,22-28,30-34H,2-5,8,11-19H2,1H3,(H,35,36)/b7-6-,10-9-/t20-,22?,23-,24+,25-,26-,27?/m1/s1. The van der Waals surface area contributed by atoms with E-state index in [1.807, 2.05) is 0 Å². The molecule has 0 aliphatic heterocycles. The number of phosphoric ester groups is 1. The predicted molar refractivity (Wildman–Crippen MR) is 147 cm³/mol. The van der Waals surface area contributed by atoms with Gasteiger partial charge in [0, 0.05) is 6.42 Å². The van der Waals surface area contributed by atoms with Crippen LogP contribution in [-0.4, -0.2) is 97.4 Å². The second-order valence-electron chi connectivity index (χ2n) is 10.1. The van der Waals surface area contributed by atoms with Crippen molar-refractivity contribution in [3.8, 4) is 0 Å². The highest BCUT2D eigenvalue weighted by Crippen LogP contribution is 2.47. The second-order valence-corrected chi connectivity index (χ2v) is 11.5. The van der Waals surface area contributed by atoms with Gasteiger partial charge in [0.05, 0.1) is 13.2 Å². The third-order valence-corrected chi connectivity index (χ3v) is 7.57. The van der Waals surface area contributed by atoms with Gasteiger partial charge < -0.3 is 40.3 Å². The SMILES string of the molecule is CCCCC/C=C\C/C=C\CCCCCCCC(=O)O[C@H](CO)COP(=O)(O)OC1[C@H](O)[C@H](O)C(O)[C@H](O)[C@H]1O. The molecule has 1 aliphatic carbocycles. The van der Waals surface area contributed by atoms with Gasteiger partial charge in [-0.15, -0.1) is 0 Å². The Kier molecular flexibility index (Phi) is 19.0. The Bertz CT molecular complexity index is 775. The molecule has 13 heteroatoms. The Morgan fingerprint density at radius 3 is 1.90 bits per heavy atom. The molecule has 0 heterocycles. The van der Waals surface area contributed by atoms with Crippen molar-refractivity contribution < 1.29 is 58.7 Å². The molecule has 1 saturated carbocycles. The lowest BCUT2D eigenvalue weighted by molar-refractivity contribution is -0.220. The van der Waals surface area contributed by atoms with Crippen molar-refractivity contribution in [1.82, 2.24) is 0 Å². The van der Waals surface area contributed by atoms with Crippen molar-refractivity contribution >= 4 is 13.8 Å². The highest BCUT2D eigenvalue weighted by Gasteiger charge is 2.51. The molecule has 0 amide bonds. The number of hydrogen-bond acceptors (Lipinski definition) is 11. The second kappa shape index (κ2) is 20.7. The molecule has 0 saturated heterocycles. The van der Waals surface area contributed by atoms with Gasteiger partial charge in [-0.25, -0.2) is 4.57 Å². The summed E-state index contributed by atoms with van der Waals surface area (Å²) < 4.78 is 26.7. The maximum atomic E-state index is 12.2. The summed E-state index contributed by atoms with van der Waals surface area (Å²) >= 11 is 0. The van der Waals surface area contributed by atoms with Crippen molar-refractivity contribution in [2.75, 3.05) is 13.2 Å². The van der Waals surface area contributed by atoms with Crippen molar-refractivity contribution in [2.45, 2.75) is 127 Å². The third kappa shape index (κ3) is 14.6. The quantitative estimate of drug-likeness (QED) is 0.0440. The van der Waals surface area contributed by atoms with Gasteiger partial charge in [0.1, 0.15) is 42.7 Å². The molecular formula is C27H49O12P. The lowest BCUT2D eigenvalue weighted by Gasteiger charge is -2.41. The molecule has 8 atom stereocenters. The average molecular weight is 597 g/mol. The summed E-state index contributed by atoms with van der Waals surface area (Å²) in [6.07, 6.45) is 7.26. The first-order chi connectivity index (χ1) is 19.0. The van der Waals surface area contributed by atoms with Crippen LogP contribution >= 0.6 is 7.82 Å². The zero-order valence-corrected chi connectivity index (χ0v) is 24.3. The van der Waals surface area contributed by atoms with Gasteiger partial charge in [-0.3, -0.25) is 13.8 Å². The van der Waals surface area contributed by atoms with Gasteiger partial charge in [-0.05, 0) is 38.5 Å². The minimum absolute atomic E-state index is 0.104. The van der Waals surface area contributed by atoms with E-state index in [-0.39, 0.29) is 6.42 Å². The van der Waals surface area contributed by atoms with Gasteiger partial charge in [-0.1, -0.05) is 63.3 Å². The molecule has 234 valence electrons. The van der Waals surface area contributed by atoms with Gasteiger partial charge in [-0.2, -0.15) is 0 Å². The van der Waals surface area contributed by atoms with Crippen molar-refractivity contribution in [3.63, 3.8) is 0 Å². The molecule has 0 bridgehead atoms. The summed E-state index contributed by atoms with van der Waals surface area (Å²) in [5.41, 5.74) is 0. The van der Waals surface area contributed by atoms with Crippen molar-refractivity contribution in [2.24, 2.45) is 0 Å². The van der Waals surface area contributed by atoms with Crippen LogP contribution in [0.1, 0.15) is 84.0 Å². The van der Waals surface area contributed by atoms with E-state index in [1.54, 1.807) is 0 Å². The zero-order valence-electron chi connectivity index (χ0n) is 23.4. The number of allylic oxidation sites excluding steroid dienone is 4. The fraction of sp³-hybridized carbons (Fsp3) is 0.815. The molecule has 40 heavy (non-hydrogen) atoms. The van der Waals surface area contributed by atoms with Crippen LogP contribution < -0.4 is 0 Å². The molecule has 1 aliphatic rings. The third-order valence-electron chi connectivity index (χ3n) is 6.58. The van der Waals surface area contributed by atoms with Crippen LogP contribution in [0.4, 0.5) is 0 Å². The number of hydrogen-bond donors (Lipinski definition) is 7. The van der Waals surface area contributed by atoms with Crippen LogP contribution in [0.15, 0.2) is 24.3 Å². The van der Waals surface area contributed by atoms with E-state index in [2.05, 4.69) is 35.8 Å². The minimum atomic E-state index is -5.01. The molecular weight excluding hydrogens is 547 g/mol. The Hall–Kier alpha value is -1.18. The topological polar surface area (TPSA) is 203 Å². The Labute approximate surface area is 236 Å². The number of unbranched alkanes of at least 4 members (excludes halogenated alkanes) is 8. The molecule has 0 aromatic rings. The van der Waals surface area contributed by atoms with E-state index in [1.165, 1.54) is 19.3 Å². The normalized spacial score (nSPS) is 27.7. The van der Waals surface area contributed by atoms with Crippen molar-refractivity contribution in [3.05, 3.63) is 24.3 Å². The molecule has 0 aromatic heterocycles. The number of carbonyl (C=O) groups excluding carboxylic acids is 1. The fourth-order valence-electron chi connectivity index (χ4n) is 4.13. The number of aliphatic hydroxyl groups is 6. The maximum Gasteiger partial charge on any atom is 0.472 e. The Morgan fingerprint density at radius 2 is 1.32 bits per heavy atom. The van der Waals surface area contributed by atoms with Gasteiger partial charge in [0.25, 0.3) is 0 Å². The van der Waals surface area contributed by atoms with Gasteiger partial charge in [0.2, 0.25) is 0 Å². The molecule has 0 radical (unpaired) electrons. The van der Waals surface area contributed by atoms with Crippen molar-refractivity contribution in [1.29, 1.82) is 0 Å². The van der Waals surface area contributed by atoms with E-state index >= 15 is 0 Å². The van der Waals surface area contributed by atoms with Gasteiger partial charge >= 0.3 is 13.8 Å². The number of esters is 1. The maximum absolute atomic E-state index is 12.2. The summed E-state index contributed by atoms with van der Waals surface area (Å²) in [5, 5.41) is 58.2. The van der Waals surface area contributed by atoms with E-state index in [4.69, 9.17) is 9.26 Å². The first-order valence-electron chi connectivity index (χ1n) is 14.2. The lowest BCUT2D eigenvalue weighted by atomic mass is 9.85. The number of carbonyl (C=O) groups is 1. The Balaban J connectivity index is 2.21. The summed E-state index contributed by atoms with van der Waals surface area (Å²) in [4.78, 5) is 22.0. The van der Waals surface area contributed by atoms with Crippen LogP contribution in [0.3, 0.4) is 0 Å². The smallest absolute Gasteiger partial charge is 0.457 e. The van der Waals surface area contributed by atoms with Crippen LogP contribution in [0, 0.1) is 0 Å². The summed E-state index contributed by atoms with van der Waals surface area (Å²) in [5.74, 6) is -0.611. The van der Waals surface area contributed by atoms with Crippen LogP contribution in [0.2, 0.25) is 0 Å². The van der Waals surface area contributed by atoms with Crippen LogP contribution in [-0.2, 0) is 23.1 Å². The minimum Gasteiger partial charge on any atom is -0.457 e. The lowest BCUT2D eigenvalue weighted by Crippen LogP contribution is -2.64. The van der Waals surface area contributed by atoms with E-state index in [0.717, 1.165) is 44.9 Å². The number of rotatable bonds is 21. The van der Waals surface area contributed by atoms with E-state index in [9.17, 15) is 44.9 Å². The summed E-state index contributed by atoms with van der Waals surface area (Å²) in [7, 11) is -5.01.